The molecule has 0 bridgehead atoms. The zero-order valence-corrected chi connectivity index (χ0v) is 11.3. The Morgan fingerprint density at radius 2 is 2.15 bits per heavy atom. The first-order valence-corrected chi connectivity index (χ1v) is 6.36. The van der Waals surface area contributed by atoms with E-state index in [1.165, 1.54) is 7.11 Å². The number of amides is 1. The number of carbonyl (C=O) groups excluding carboxylic acids is 2. The Morgan fingerprint density at radius 3 is 2.80 bits per heavy atom. The number of ether oxygens (including phenoxy) is 3. The van der Waals surface area contributed by atoms with Crippen LogP contribution in [0.25, 0.3) is 0 Å². The van der Waals surface area contributed by atoms with E-state index in [1.807, 2.05) is 0 Å². The zero-order chi connectivity index (χ0) is 14.4. The highest BCUT2D eigenvalue weighted by Crippen LogP contribution is 2.29. The number of aldehydes is 1. The Hall–Kier alpha value is -2.08. The van der Waals surface area contributed by atoms with Crippen LogP contribution in [-0.4, -0.2) is 57.1 Å². The summed E-state index contributed by atoms with van der Waals surface area (Å²) >= 11 is 0. The topological polar surface area (TPSA) is 65.1 Å². The molecule has 20 heavy (non-hydrogen) atoms. The molecule has 0 N–H and O–H groups in total. The van der Waals surface area contributed by atoms with Gasteiger partial charge < -0.3 is 19.1 Å². The highest BCUT2D eigenvalue weighted by atomic mass is 16.5. The molecule has 0 saturated carbocycles. The third-order valence-corrected chi connectivity index (χ3v) is 3.06. The average molecular weight is 279 g/mol. The fourth-order valence-electron chi connectivity index (χ4n) is 1.98. The van der Waals surface area contributed by atoms with Gasteiger partial charge in [0.15, 0.2) is 24.4 Å². The largest absolute Gasteiger partial charge is 0.493 e. The van der Waals surface area contributed by atoms with E-state index < -0.39 is 0 Å². The van der Waals surface area contributed by atoms with Crippen molar-refractivity contribution in [2.75, 3.05) is 40.0 Å². The molecule has 1 aromatic carbocycles. The standard InChI is InChI=1S/C14H17NO5/c1-18-12-4-2-3-11(9-16)14(12)20-10-13(17)15-5-7-19-8-6-15/h2-4,9H,5-8,10H2,1H3. The van der Waals surface area contributed by atoms with Crippen molar-refractivity contribution in [3.8, 4) is 11.5 Å². The Kier molecular flexibility index (Phi) is 4.95. The molecule has 2 rings (SSSR count). The maximum Gasteiger partial charge on any atom is 0.260 e. The van der Waals surface area contributed by atoms with Crippen molar-refractivity contribution in [2.24, 2.45) is 0 Å². The van der Waals surface area contributed by atoms with Gasteiger partial charge in [0.1, 0.15) is 0 Å². The summed E-state index contributed by atoms with van der Waals surface area (Å²) in [4.78, 5) is 24.7. The number of carbonyl (C=O) groups is 2. The fourth-order valence-corrected chi connectivity index (χ4v) is 1.98. The van der Waals surface area contributed by atoms with Crippen LogP contribution in [0.3, 0.4) is 0 Å². The van der Waals surface area contributed by atoms with Crippen molar-refractivity contribution >= 4 is 12.2 Å². The second-order valence-electron chi connectivity index (χ2n) is 4.28. The zero-order valence-electron chi connectivity index (χ0n) is 11.3. The number of para-hydroxylation sites is 1. The van der Waals surface area contributed by atoms with Crippen molar-refractivity contribution in [2.45, 2.75) is 0 Å². The van der Waals surface area contributed by atoms with E-state index in [0.717, 1.165) is 0 Å². The molecule has 1 amide bonds. The third-order valence-electron chi connectivity index (χ3n) is 3.06. The fraction of sp³-hybridized carbons (Fsp3) is 0.429. The van der Waals surface area contributed by atoms with E-state index in [1.54, 1.807) is 23.1 Å². The summed E-state index contributed by atoms with van der Waals surface area (Å²) in [5.74, 6) is 0.604. The van der Waals surface area contributed by atoms with Crippen molar-refractivity contribution in [1.82, 2.24) is 4.90 Å². The molecule has 0 spiro atoms. The summed E-state index contributed by atoms with van der Waals surface area (Å²) in [6.07, 6.45) is 0.678. The molecule has 6 heteroatoms. The Bertz CT molecular complexity index is 482. The van der Waals surface area contributed by atoms with Gasteiger partial charge in [0.25, 0.3) is 5.91 Å². The number of hydrogen-bond acceptors (Lipinski definition) is 5. The van der Waals surface area contributed by atoms with Crippen molar-refractivity contribution in [3.63, 3.8) is 0 Å². The van der Waals surface area contributed by atoms with Crippen molar-refractivity contribution in [3.05, 3.63) is 23.8 Å². The number of methoxy groups -OCH3 is 1. The number of nitrogens with zero attached hydrogens (tertiary/aromatic N) is 1. The van der Waals surface area contributed by atoms with E-state index in [-0.39, 0.29) is 12.5 Å². The lowest BCUT2D eigenvalue weighted by molar-refractivity contribution is -0.137. The van der Waals surface area contributed by atoms with E-state index in [0.29, 0.717) is 49.7 Å². The first-order valence-electron chi connectivity index (χ1n) is 6.36. The molecule has 1 saturated heterocycles. The van der Waals surface area contributed by atoms with E-state index in [9.17, 15) is 9.59 Å². The molecule has 108 valence electrons. The quantitative estimate of drug-likeness (QED) is 0.744. The smallest absolute Gasteiger partial charge is 0.260 e. The van der Waals surface area contributed by atoms with Gasteiger partial charge in [-0.05, 0) is 12.1 Å². The SMILES string of the molecule is COc1cccc(C=O)c1OCC(=O)N1CCOCC1. The van der Waals surface area contributed by atoms with Gasteiger partial charge in [0.2, 0.25) is 0 Å². The Morgan fingerprint density at radius 1 is 1.40 bits per heavy atom. The van der Waals surface area contributed by atoms with Gasteiger partial charge in [-0.15, -0.1) is 0 Å². The summed E-state index contributed by atoms with van der Waals surface area (Å²) in [5, 5.41) is 0. The van der Waals surface area contributed by atoms with E-state index in [4.69, 9.17) is 14.2 Å². The molecule has 1 aliphatic rings. The van der Waals surface area contributed by atoms with Crippen LogP contribution in [0.1, 0.15) is 10.4 Å². The highest BCUT2D eigenvalue weighted by molar-refractivity contribution is 5.82. The molecule has 0 atom stereocenters. The van der Waals surface area contributed by atoms with Crippen LogP contribution in [0.15, 0.2) is 18.2 Å². The van der Waals surface area contributed by atoms with Crippen LogP contribution >= 0.6 is 0 Å². The number of benzene rings is 1. The van der Waals surface area contributed by atoms with Gasteiger partial charge >= 0.3 is 0 Å². The van der Waals surface area contributed by atoms with Gasteiger partial charge in [-0.2, -0.15) is 0 Å². The lowest BCUT2D eigenvalue weighted by atomic mass is 10.2. The monoisotopic (exact) mass is 279 g/mol. The number of hydrogen-bond donors (Lipinski definition) is 0. The molecule has 1 aliphatic heterocycles. The van der Waals surface area contributed by atoms with Crippen LogP contribution in [0.4, 0.5) is 0 Å². The first-order chi connectivity index (χ1) is 9.76. The maximum atomic E-state index is 12.0. The summed E-state index contributed by atoms with van der Waals surface area (Å²) in [5.41, 5.74) is 0.360. The lowest BCUT2D eigenvalue weighted by Crippen LogP contribution is -2.43. The van der Waals surface area contributed by atoms with Crippen LogP contribution in [0, 0.1) is 0 Å². The van der Waals surface area contributed by atoms with Gasteiger partial charge in [-0.3, -0.25) is 9.59 Å². The second kappa shape index (κ2) is 6.91. The summed E-state index contributed by atoms with van der Waals surface area (Å²) < 4.78 is 15.8. The predicted molar refractivity (Wildman–Crippen MR) is 71.3 cm³/mol. The molecule has 1 aromatic rings. The Labute approximate surface area is 117 Å². The van der Waals surface area contributed by atoms with Crippen molar-refractivity contribution in [1.29, 1.82) is 0 Å². The minimum atomic E-state index is -0.129. The average Bonchev–Trinajstić information content (AvgIpc) is 2.52. The molecule has 0 aromatic heterocycles. The van der Waals surface area contributed by atoms with Crippen LogP contribution in [-0.2, 0) is 9.53 Å². The van der Waals surface area contributed by atoms with Crippen LogP contribution < -0.4 is 9.47 Å². The predicted octanol–water partition coefficient (Wildman–Crippen LogP) is 0.745. The van der Waals surface area contributed by atoms with Crippen molar-refractivity contribution < 1.29 is 23.8 Å². The number of rotatable bonds is 5. The molecule has 1 heterocycles. The minimum Gasteiger partial charge on any atom is -0.493 e. The summed E-state index contributed by atoms with van der Waals surface area (Å²) in [7, 11) is 1.49. The Balaban J connectivity index is 2.02. The second-order valence-corrected chi connectivity index (χ2v) is 4.28. The summed E-state index contributed by atoms with van der Waals surface area (Å²) in [6, 6.07) is 4.99. The van der Waals surface area contributed by atoms with Crippen LogP contribution in [0.5, 0.6) is 11.5 Å². The molecular weight excluding hydrogens is 262 g/mol. The molecule has 1 fully saturated rings. The number of morpholine rings is 1. The molecule has 0 radical (unpaired) electrons. The minimum absolute atomic E-state index is 0.124. The van der Waals surface area contributed by atoms with Gasteiger partial charge in [-0.25, -0.2) is 0 Å². The highest BCUT2D eigenvalue weighted by Gasteiger charge is 2.18. The molecule has 0 aliphatic carbocycles. The van der Waals surface area contributed by atoms with Gasteiger partial charge in [-0.1, -0.05) is 6.07 Å². The van der Waals surface area contributed by atoms with E-state index >= 15 is 0 Å². The van der Waals surface area contributed by atoms with E-state index in [2.05, 4.69) is 0 Å². The van der Waals surface area contributed by atoms with Gasteiger partial charge in [0, 0.05) is 13.1 Å². The maximum absolute atomic E-state index is 12.0. The molecule has 0 unspecified atom stereocenters. The normalized spacial score (nSPS) is 14.8. The lowest BCUT2D eigenvalue weighted by Gasteiger charge is -2.26. The van der Waals surface area contributed by atoms with Crippen LogP contribution in [0.2, 0.25) is 0 Å². The summed E-state index contributed by atoms with van der Waals surface area (Å²) in [6.45, 7) is 2.09. The molecule has 6 nitrogen and oxygen atoms in total. The third kappa shape index (κ3) is 3.27. The first kappa shape index (κ1) is 14.3. The molecular formula is C14H17NO5. The van der Waals surface area contributed by atoms with Gasteiger partial charge in [0.05, 0.1) is 25.9 Å².